The molecule has 0 aromatic heterocycles. The van der Waals surface area contributed by atoms with Crippen molar-refractivity contribution in [1.82, 2.24) is 0 Å². The third kappa shape index (κ3) is 10.6. The first-order chi connectivity index (χ1) is 14.3. The highest BCUT2D eigenvalue weighted by Gasteiger charge is 2.53. The Kier molecular flexibility index (Phi) is 12.1. The standard InChI is InChI=1S/C20H52O7P2Si4/c1-17(2)30(9,10)24-28(21,25-31(11,12)18(3)4)23-29(22,26-32(13,14)19(5)6)27-33(15,16)20(7)8/h17-20H,1-16H3. The Hall–Kier alpha value is 1.13. The molecule has 0 heterocycles. The smallest absolute Gasteiger partial charge is 0.330 e. The van der Waals surface area contributed by atoms with Crippen LogP contribution >= 0.6 is 15.6 Å². The van der Waals surface area contributed by atoms with Crippen LogP contribution in [0.15, 0.2) is 0 Å². The molecule has 0 spiro atoms. The van der Waals surface area contributed by atoms with Crippen LogP contribution in [0.5, 0.6) is 0 Å². The maximum atomic E-state index is 14.3. The Labute approximate surface area is 208 Å². The van der Waals surface area contributed by atoms with E-state index in [1.807, 2.05) is 108 Å². The van der Waals surface area contributed by atoms with E-state index >= 15 is 0 Å². The van der Waals surface area contributed by atoms with Crippen molar-refractivity contribution in [2.75, 3.05) is 0 Å². The third-order valence-corrected chi connectivity index (χ3v) is 31.0. The lowest BCUT2D eigenvalue weighted by Gasteiger charge is -2.40. The molecule has 0 aliphatic rings. The van der Waals surface area contributed by atoms with Gasteiger partial charge in [-0.3, -0.25) is 0 Å². The Morgan fingerprint density at radius 1 is 0.424 bits per heavy atom. The van der Waals surface area contributed by atoms with Crippen molar-refractivity contribution in [3.63, 3.8) is 0 Å². The Morgan fingerprint density at radius 2 is 0.576 bits per heavy atom. The van der Waals surface area contributed by atoms with Crippen LogP contribution in [-0.4, -0.2) is 33.3 Å². The van der Waals surface area contributed by atoms with Crippen LogP contribution in [0, 0.1) is 0 Å². The van der Waals surface area contributed by atoms with Crippen LogP contribution in [0.3, 0.4) is 0 Å². The molecule has 7 nitrogen and oxygen atoms in total. The first-order valence-electron chi connectivity index (χ1n) is 12.1. The summed E-state index contributed by atoms with van der Waals surface area (Å²) in [6.07, 6.45) is 0. The molecule has 0 rings (SSSR count). The van der Waals surface area contributed by atoms with E-state index in [4.69, 9.17) is 21.2 Å². The van der Waals surface area contributed by atoms with Gasteiger partial charge in [-0.15, -0.1) is 0 Å². The van der Waals surface area contributed by atoms with Crippen LogP contribution < -0.4 is 0 Å². The van der Waals surface area contributed by atoms with E-state index in [-0.39, 0.29) is 22.2 Å². The van der Waals surface area contributed by atoms with E-state index in [2.05, 4.69) is 0 Å². The highest BCUT2D eigenvalue weighted by molar-refractivity contribution is 7.65. The van der Waals surface area contributed by atoms with Gasteiger partial charge in [0.25, 0.3) is 0 Å². The summed E-state index contributed by atoms with van der Waals surface area (Å²) in [5, 5.41) is 0. The second kappa shape index (κ2) is 11.7. The molecule has 0 saturated carbocycles. The molecule has 200 valence electrons. The number of rotatable bonds is 14. The van der Waals surface area contributed by atoms with E-state index in [9.17, 15) is 9.13 Å². The van der Waals surface area contributed by atoms with E-state index in [0.29, 0.717) is 0 Å². The van der Waals surface area contributed by atoms with Crippen molar-refractivity contribution in [2.24, 2.45) is 0 Å². The molecule has 0 aromatic carbocycles. The zero-order valence-corrected chi connectivity index (χ0v) is 29.9. The second-order valence-electron chi connectivity index (χ2n) is 12.4. The first kappa shape index (κ1) is 34.1. The molecule has 0 unspecified atom stereocenters. The summed E-state index contributed by atoms with van der Waals surface area (Å²) in [5.74, 6) is 0. The fourth-order valence-electron chi connectivity index (χ4n) is 1.80. The van der Waals surface area contributed by atoms with Gasteiger partial charge in [0.05, 0.1) is 0 Å². The number of hydrogen-bond donors (Lipinski definition) is 0. The average Bonchev–Trinajstić information content (AvgIpc) is 2.50. The van der Waals surface area contributed by atoms with Crippen molar-refractivity contribution < 1.29 is 30.3 Å². The summed E-state index contributed by atoms with van der Waals surface area (Å²) in [4.78, 5) is 0. The number of phosphoric acid groups is 2. The molecular formula is C20H52O7P2Si4. The quantitative estimate of drug-likeness (QED) is 0.150. The van der Waals surface area contributed by atoms with Crippen molar-refractivity contribution in [2.45, 2.75) is 130 Å². The van der Waals surface area contributed by atoms with Crippen molar-refractivity contribution in [3.8, 4) is 0 Å². The van der Waals surface area contributed by atoms with Gasteiger partial charge in [0, 0.05) is 0 Å². The normalized spacial score (nSPS) is 15.4. The molecule has 0 aliphatic heterocycles. The van der Waals surface area contributed by atoms with Gasteiger partial charge in [0.15, 0.2) is 0 Å². The van der Waals surface area contributed by atoms with Crippen LogP contribution in [0.1, 0.15) is 55.4 Å². The Bertz CT molecular complexity index is 626. The Morgan fingerprint density at radius 3 is 0.697 bits per heavy atom. The topological polar surface area (TPSA) is 80.3 Å². The lowest BCUT2D eigenvalue weighted by atomic mass is 10.6. The highest BCUT2D eigenvalue weighted by Crippen LogP contribution is 2.70. The van der Waals surface area contributed by atoms with Gasteiger partial charge in [0.1, 0.15) is 0 Å². The minimum atomic E-state index is -4.27. The second-order valence-corrected chi connectivity index (χ2v) is 35.2. The summed E-state index contributed by atoms with van der Waals surface area (Å²) in [5.41, 5.74) is 0.578. The monoisotopic (exact) mass is 578 g/mol. The Balaban J connectivity index is 6.61. The summed E-state index contributed by atoms with van der Waals surface area (Å²) in [6, 6.07) is 0. The van der Waals surface area contributed by atoms with Crippen LogP contribution in [0.25, 0.3) is 0 Å². The maximum Gasteiger partial charge on any atom is 0.464 e. The third-order valence-electron chi connectivity index (χ3n) is 7.15. The summed E-state index contributed by atoms with van der Waals surface area (Å²) in [7, 11) is -18.6. The average molecular weight is 579 g/mol. The molecule has 0 amide bonds. The molecule has 0 N–H and O–H groups in total. The summed E-state index contributed by atoms with van der Waals surface area (Å²) < 4.78 is 59.3. The fourth-order valence-corrected chi connectivity index (χ4v) is 18.1. The highest BCUT2D eigenvalue weighted by atomic mass is 31.3. The molecule has 0 fully saturated rings. The molecule has 0 bridgehead atoms. The zero-order valence-electron chi connectivity index (χ0n) is 24.1. The van der Waals surface area contributed by atoms with Gasteiger partial charge >= 0.3 is 15.6 Å². The van der Waals surface area contributed by atoms with Gasteiger partial charge in [-0.1, -0.05) is 55.4 Å². The van der Waals surface area contributed by atoms with Crippen LogP contribution in [0.4, 0.5) is 0 Å². The lowest BCUT2D eigenvalue weighted by molar-refractivity contribution is 0.232. The predicted molar refractivity (Wildman–Crippen MR) is 151 cm³/mol. The van der Waals surface area contributed by atoms with Crippen molar-refractivity contribution >= 4 is 48.9 Å². The molecule has 0 aliphatic carbocycles. The minimum absolute atomic E-state index is 0.144. The van der Waals surface area contributed by atoms with Gasteiger partial charge in [0.2, 0.25) is 33.3 Å². The summed E-state index contributed by atoms with van der Waals surface area (Å²) >= 11 is 0. The molecule has 0 aromatic rings. The predicted octanol–water partition coefficient (Wildman–Crippen LogP) is 9.75. The maximum absolute atomic E-state index is 14.3. The number of hydrogen-bond acceptors (Lipinski definition) is 7. The lowest BCUT2D eigenvalue weighted by Crippen LogP contribution is -2.40. The molecule has 33 heavy (non-hydrogen) atoms. The zero-order chi connectivity index (χ0) is 26.8. The van der Waals surface area contributed by atoms with Gasteiger partial charge in [-0.05, 0) is 74.5 Å². The summed E-state index contributed by atoms with van der Waals surface area (Å²) in [6.45, 7) is 31.9. The molecular weight excluding hydrogens is 527 g/mol. The van der Waals surface area contributed by atoms with E-state index in [1.54, 1.807) is 0 Å². The van der Waals surface area contributed by atoms with E-state index in [0.717, 1.165) is 0 Å². The van der Waals surface area contributed by atoms with Gasteiger partial charge in [-0.25, -0.2) is 9.13 Å². The van der Waals surface area contributed by atoms with Crippen LogP contribution in [0.2, 0.25) is 74.5 Å². The minimum Gasteiger partial charge on any atom is -0.330 e. The van der Waals surface area contributed by atoms with Crippen molar-refractivity contribution in [3.05, 3.63) is 0 Å². The van der Waals surface area contributed by atoms with Crippen molar-refractivity contribution in [1.29, 1.82) is 0 Å². The van der Waals surface area contributed by atoms with E-state index in [1.165, 1.54) is 0 Å². The largest absolute Gasteiger partial charge is 0.464 e. The van der Waals surface area contributed by atoms with Crippen LogP contribution in [-0.2, 0) is 30.3 Å². The molecule has 0 saturated heterocycles. The molecule has 0 radical (unpaired) electrons. The van der Waals surface area contributed by atoms with Gasteiger partial charge < -0.3 is 16.9 Å². The SMILES string of the molecule is CC(C)[Si](C)(C)OP(=O)(O[Si](C)(C)C(C)C)OP(=O)(O[Si](C)(C)C(C)C)O[Si](C)(C)C(C)C. The van der Waals surface area contributed by atoms with Gasteiger partial charge in [-0.2, -0.15) is 4.31 Å². The van der Waals surface area contributed by atoms with E-state index < -0.39 is 48.9 Å². The molecule has 13 heteroatoms. The fraction of sp³-hybridized carbons (Fsp3) is 1.00. The molecule has 0 atom stereocenters. The first-order valence-corrected chi connectivity index (χ1v) is 26.9.